The van der Waals surface area contributed by atoms with Crippen molar-refractivity contribution < 1.29 is 14.1 Å². The minimum atomic E-state index is -1.12. The van der Waals surface area contributed by atoms with Gasteiger partial charge in [0.2, 0.25) is 0 Å². The number of aliphatic hydroxyl groups excluding tert-OH is 1. The number of hydrogen-bond acceptors (Lipinski definition) is 3. The average Bonchev–Trinajstić information content (AvgIpc) is 2.42. The van der Waals surface area contributed by atoms with Crippen LogP contribution in [0.4, 0.5) is 0 Å². The van der Waals surface area contributed by atoms with Crippen LogP contribution < -0.4 is 0 Å². The van der Waals surface area contributed by atoms with Crippen LogP contribution >= 0.6 is 0 Å². The van der Waals surface area contributed by atoms with E-state index < -0.39 is 16.4 Å². The monoisotopic (exact) mass is 282 g/mol. The lowest BCUT2D eigenvalue weighted by Crippen LogP contribution is -2.46. The molecule has 1 heterocycles. The van der Waals surface area contributed by atoms with E-state index >= 15 is 0 Å². The summed E-state index contributed by atoms with van der Waals surface area (Å²) >= 11 is 0. The van der Waals surface area contributed by atoms with Crippen molar-refractivity contribution in [2.24, 2.45) is 5.92 Å². The third kappa shape index (κ3) is 3.65. The first-order valence-corrected chi connectivity index (χ1v) is 8.06. The number of benzene rings is 1. The Morgan fingerprint density at radius 2 is 2.11 bits per heavy atom. The van der Waals surface area contributed by atoms with E-state index in [1.807, 2.05) is 31.2 Å². The lowest BCUT2D eigenvalue weighted by Gasteiger charge is -2.37. The van der Waals surface area contributed by atoms with Gasteiger partial charge in [0, 0.05) is 4.90 Å². The third-order valence-corrected chi connectivity index (χ3v) is 5.32. The Kier molecular flexibility index (Phi) is 4.76. The molecule has 0 aromatic heterocycles. The van der Waals surface area contributed by atoms with Crippen LogP contribution in [0.1, 0.15) is 25.3 Å². The summed E-state index contributed by atoms with van der Waals surface area (Å²) in [6.45, 7) is 4.73. The Balaban J connectivity index is 2.06. The minimum absolute atomic E-state index is 0.0582. The van der Waals surface area contributed by atoms with Crippen LogP contribution in [0.2, 0.25) is 0 Å². The molecule has 3 atom stereocenters. The Hall–Kier alpha value is -0.710. The zero-order valence-corrected chi connectivity index (χ0v) is 12.4. The summed E-state index contributed by atoms with van der Waals surface area (Å²) in [5, 5.41) is 9.61. The molecule has 3 nitrogen and oxygen atoms in total. The molecule has 0 radical (unpaired) electrons. The largest absolute Gasteiger partial charge is 0.393 e. The number of rotatable bonds is 4. The Morgan fingerprint density at radius 1 is 1.42 bits per heavy atom. The average molecular weight is 282 g/mol. The Bertz CT molecular complexity index is 433. The highest BCUT2D eigenvalue weighted by Gasteiger charge is 2.36. The number of ether oxygens (including phenoxy) is 1. The normalized spacial score (nSPS) is 29.1. The molecule has 1 saturated heterocycles. The summed E-state index contributed by atoms with van der Waals surface area (Å²) in [6.07, 6.45) is 1.80. The van der Waals surface area contributed by atoms with Gasteiger partial charge in [-0.25, -0.2) is 0 Å². The molecule has 1 aliphatic heterocycles. The lowest BCUT2D eigenvalue weighted by molar-refractivity contribution is -0.108. The van der Waals surface area contributed by atoms with Gasteiger partial charge in [0.1, 0.15) is 5.60 Å². The van der Waals surface area contributed by atoms with E-state index in [9.17, 15) is 9.32 Å². The summed E-state index contributed by atoms with van der Waals surface area (Å²) in [6, 6.07) is 7.70. The molecular weight excluding hydrogens is 260 g/mol. The van der Waals surface area contributed by atoms with Crippen molar-refractivity contribution in [3.63, 3.8) is 0 Å². The van der Waals surface area contributed by atoms with E-state index in [0.717, 1.165) is 23.3 Å². The predicted molar refractivity (Wildman–Crippen MR) is 76.6 cm³/mol. The molecule has 0 saturated carbocycles. The van der Waals surface area contributed by atoms with Gasteiger partial charge in [-0.2, -0.15) is 0 Å². The quantitative estimate of drug-likeness (QED) is 0.921. The van der Waals surface area contributed by atoms with Crippen molar-refractivity contribution in [3.8, 4) is 0 Å². The predicted octanol–water partition coefficient (Wildman–Crippen LogP) is 2.28. The Labute approximate surface area is 117 Å². The van der Waals surface area contributed by atoms with Crippen molar-refractivity contribution in [2.45, 2.75) is 37.2 Å². The van der Waals surface area contributed by atoms with Crippen molar-refractivity contribution in [2.75, 3.05) is 19.0 Å². The van der Waals surface area contributed by atoms with Crippen LogP contribution in [0.15, 0.2) is 29.2 Å². The van der Waals surface area contributed by atoms with E-state index in [1.54, 1.807) is 0 Å². The molecular formula is C15H22O3S. The summed E-state index contributed by atoms with van der Waals surface area (Å²) in [4.78, 5) is 0.806. The number of aliphatic hydroxyl groups is 1. The van der Waals surface area contributed by atoms with Gasteiger partial charge in [0.25, 0.3) is 0 Å². The first-order valence-electron chi connectivity index (χ1n) is 6.74. The number of aryl methyl sites for hydroxylation is 1. The van der Waals surface area contributed by atoms with Gasteiger partial charge in [-0.1, -0.05) is 24.6 Å². The van der Waals surface area contributed by atoms with Gasteiger partial charge in [-0.3, -0.25) is 4.21 Å². The fourth-order valence-corrected chi connectivity index (χ4v) is 3.68. The zero-order chi connectivity index (χ0) is 13.9. The highest BCUT2D eigenvalue weighted by Crippen LogP contribution is 2.29. The van der Waals surface area contributed by atoms with Crippen molar-refractivity contribution in [1.29, 1.82) is 0 Å². The topological polar surface area (TPSA) is 46.5 Å². The molecule has 1 fully saturated rings. The zero-order valence-electron chi connectivity index (χ0n) is 11.6. The molecule has 19 heavy (non-hydrogen) atoms. The fourth-order valence-electron chi connectivity index (χ4n) is 2.28. The van der Waals surface area contributed by atoms with Crippen LogP contribution in [-0.2, 0) is 15.5 Å². The van der Waals surface area contributed by atoms with Crippen LogP contribution in [-0.4, -0.2) is 33.9 Å². The fraction of sp³-hybridized carbons (Fsp3) is 0.600. The van der Waals surface area contributed by atoms with Gasteiger partial charge in [-0.05, 0) is 37.8 Å². The second-order valence-electron chi connectivity index (χ2n) is 5.60. The molecule has 1 aromatic rings. The first kappa shape index (κ1) is 14.7. The standard InChI is InChI=1S/C15H22O3S/c1-12-3-5-14(6-4-12)19(17)11-15(10-16)8-7-13(2)9-18-15/h3-6,13,16H,7-11H2,1-2H3/t13-,15+,19?/m1/s1. The molecule has 2 rings (SSSR count). The molecule has 4 heteroatoms. The summed E-state index contributed by atoms with van der Waals surface area (Å²) in [5.74, 6) is 0.895. The molecule has 0 spiro atoms. The highest BCUT2D eigenvalue weighted by atomic mass is 32.2. The van der Waals surface area contributed by atoms with Crippen LogP contribution in [0.25, 0.3) is 0 Å². The summed E-state index contributed by atoms with van der Waals surface area (Å²) in [5.41, 5.74) is 0.530. The molecule has 1 unspecified atom stereocenters. The van der Waals surface area contributed by atoms with E-state index in [-0.39, 0.29) is 6.61 Å². The van der Waals surface area contributed by atoms with Crippen LogP contribution in [0, 0.1) is 12.8 Å². The maximum absolute atomic E-state index is 12.4. The Morgan fingerprint density at radius 3 is 2.63 bits per heavy atom. The van der Waals surface area contributed by atoms with Crippen LogP contribution in [0.5, 0.6) is 0 Å². The molecule has 1 aromatic carbocycles. The maximum Gasteiger partial charge on any atom is 0.103 e. The highest BCUT2D eigenvalue weighted by molar-refractivity contribution is 7.85. The lowest BCUT2D eigenvalue weighted by atomic mass is 9.92. The molecule has 1 N–H and O–H groups in total. The van der Waals surface area contributed by atoms with E-state index in [1.165, 1.54) is 0 Å². The summed E-state index contributed by atoms with van der Waals surface area (Å²) < 4.78 is 18.2. The molecule has 0 amide bonds. The smallest absolute Gasteiger partial charge is 0.103 e. The van der Waals surface area contributed by atoms with E-state index in [4.69, 9.17) is 4.74 Å². The van der Waals surface area contributed by atoms with Crippen LogP contribution in [0.3, 0.4) is 0 Å². The van der Waals surface area contributed by atoms with Gasteiger partial charge < -0.3 is 9.84 Å². The van der Waals surface area contributed by atoms with Crippen molar-refractivity contribution in [3.05, 3.63) is 29.8 Å². The van der Waals surface area contributed by atoms with Gasteiger partial charge in [0.05, 0.1) is 29.8 Å². The van der Waals surface area contributed by atoms with Crippen molar-refractivity contribution in [1.82, 2.24) is 0 Å². The molecule has 106 valence electrons. The maximum atomic E-state index is 12.4. The number of hydrogen-bond donors (Lipinski definition) is 1. The van der Waals surface area contributed by atoms with E-state index in [2.05, 4.69) is 6.92 Å². The second kappa shape index (κ2) is 6.16. The molecule has 0 bridgehead atoms. The summed E-state index contributed by atoms with van der Waals surface area (Å²) in [7, 11) is -1.12. The first-order chi connectivity index (χ1) is 9.04. The minimum Gasteiger partial charge on any atom is -0.393 e. The third-order valence-electron chi connectivity index (χ3n) is 3.73. The SMILES string of the molecule is Cc1ccc(S(=O)C[C@@]2(CO)CC[C@@H](C)CO2)cc1. The van der Waals surface area contributed by atoms with Gasteiger partial charge >= 0.3 is 0 Å². The van der Waals surface area contributed by atoms with Crippen molar-refractivity contribution >= 4 is 10.8 Å². The molecule has 1 aliphatic rings. The molecule has 0 aliphatic carbocycles. The van der Waals surface area contributed by atoms with Gasteiger partial charge in [0.15, 0.2) is 0 Å². The van der Waals surface area contributed by atoms with Gasteiger partial charge in [-0.15, -0.1) is 0 Å². The van der Waals surface area contributed by atoms with E-state index in [0.29, 0.717) is 18.3 Å². The second-order valence-corrected chi connectivity index (χ2v) is 7.05.